The summed E-state index contributed by atoms with van der Waals surface area (Å²) in [6.07, 6.45) is 2.39. The van der Waals surface area contributed by atoms with Gasteiger partial charge < -0.3 is 0 Å². The standard InChI is InChI=1S/C7H18S6/c1-6(2)12(5)13(7(3)4)11-10-9-8/h6-8H,1-5H3. The van der Waals surface area contributed by atoms with E-state index >= 15 is 0 Å². The molecule has 13 heavy (non-hydrogen) atoms. The van der Waals surface area contributed by atoms with Crippen molar-refractivity contribution in [3.8, 4) is 0 Å². The van der Waals surface area contributed by atoms with Gasteiger partial charge in [-0.05, 0) is 41.0 Å². The zero-order valence-electron chi connectivity index (χ0n) is 8.64. The lowest BCUT2D eigenvalue weighted by Gasteiger charge is -2.18. The van der Waals surface area contributed by atoms with E-state index in [0.717, 1.165) is 10.5 Å². The molecule has 0 aromatic rings. The molecule has 0 amide bonds. The molecule has 0 heterocycles. The maximum atomic E-state index is 4.15. The van der Waals surface area contributed by atoms with E-state index in [4.69, 9.17) is 0 Å². The second-order valence-corrected chi connectivity index (χ2v) is 16.3. The SMILES string of the molecule is CC(C)/S(C)=S(/SSSS)C(C)C. The predicted molar refractivity (Wildman–Crippen MR) is 82.7 cm³/mol. The number of hydrogen-bond donors (Lipinski definition) is 1. The molecule has 0 aromatic carbocycles. The topological polar surface area (TPSA) is 0 Å². The van der Waals surface area contributed by atoms with Gasteiger partial charge in [-0.15, -0.1) is 0 Å². The summed E-state index contributed by atoms with van der Waals surface area (Å²) in [4.78, 5) is 0. The zero-order valence-corrected chi connectivity index (χ0v) is 13.6. The van der Waals surface area contributed by atoms with Crippen molar-refractivity contribution in [2.75, 3.05) is 6.26 Å². The summed E-state index contributed by atoms with van der Waals surface area (Å²) in [5.74, 6) is 0. The molecule has 0 saturated carbocycles. The predicted octanol–water partition coefficient (Wildman–Crippen LogP) is 4.37. The Hall–Kier alpha value is 2.10. The van der Waals surface area contributed by atoms with Gasteiger partial charge >= 0.3 is 0 Å². The molecular formula is C7H18S6. The van der Waals surface area contributed by atoms with Gasteiger partial charge in [0.1, 0.15) is 0 Å². The Kier molecular flexibility index (Phi) is 9.61. The maximum absolute atomic E-state index is 4.15. The van der Waals surface area contributed by atoms with Gasteiger partial charge in [-0.2, -0.15) is 9.45 Å². The molecule has 0 aliphatic rings. The van der Waals surface area contributed by atoms with Crippen LogP contribution in [-0.2, 0) is 17.9 Å². The van der Waals surface area contributed by atoms with Crippen molar-refractivity contribution >= 4 is 59.1 Å². The Balaban J connectivity index is 4.47. The van der Waals surface area contributed by atoms with Gasteiger partial charge in [0.25, 0.3) is 0 Å². The highest BCUT2D eigenvalue weighted by molar-refractivity contribution is 9.35. The van der Waals surface area contributed by atoms with Crippen LogP contribution in [0.15, 0.2) is 0 Å². The molecule has 6 heteroatoms. The molecule has 0 aromatic heterocycles. The molecule has 0 aliphatic carbocycles. The second-order valence-electron chi connectivity index (χ2n) is 3.07. The quantitative estimate of drug-likeness (QED) is 0.591. The van der Waals surface area contributed by atoms with Crippen molar-refractivity contribution in [2.45, 2.75) is 38.2 Å². The van der Waals surface area contributed by atoms with E-state index < -0.39 is 0 Å². The third kappa shape index (κ3) is 6.30. The minimum absolute atomic E-state index is 0.487. The molecule has 0 fully saturated rings. The number of thiol groups is 1. The number of hydrogen-bond acceptors (Lipinski definition) is 4. The van der Waals surface area contributed by atoms with Crippen LogP contribution in [0.5, 0.6) is 0 Å². The highest BCUT2D eigenvalue weighted by Gasteiger charge is 2.08. The lowest BCUT2D eigenvalue weighted by atomic mass is 10.6. The first-order valence-electron chi connectivity index (χ1n) is 4.04. The number of rotatable bonds is 5. The molecule has 0 spiro atoms. The van der Waals surface area contributed by atoms with Crippen LogP contribution in [0.2, 0.25) is 0 Å². The average Bonchev–Trinajstić information content (AvgIpc) is 2.04. The van der Waals surface area contributed by atoms with Gasteiger partial charge in [-0.1, -0.05) is 47.8 Å². The van der Waals surface area contributed by atoms with Gasteiger partial charge in [-0.25, -0.2) is 0 Å². The van der Waals surface area contributed by atoms with Crippen LogP contribution >= 0.6 is 41.1 Å². The minimum atomic E-state index is 0.487. The fourth-order valence-corrected chi connectivity index (χ4v) is 18.6. The van der Waals surface area contributed by atoms with Gasteiger partial charge in [0.15, 0.2) is 0 Å². The molecule has 0 aliphatic heterocycles. The molecule has 0 saturated heterocycles. The monoisotopic (exact) mass is 294 g/mol. The Morgan fingerprint density at radius 1 is 1.08 bits per heavy atom. The molecule has 82 valence electrons. The first-order chi connectivity index (χ1) is 6.00. The second kappa shape index (κ2) is 8.28. The van der Waals surface area contributed by atoms with Gasteiger partial charge in [0, 0.05) is 5.25 Å². The van der Waals surface area contributed by atoms with Crippen LogP contribution in [0, 0.1) is 0 Å². The zero-order chi connectivity index (χ0) is 10.4. The van der Waals surface area contributed by atoms with Crippen molar-refractivity contribution < 1.29 is 0 Å². The average molecular weight is 295 g/mol. The first-order valence-corrected chi connectivity index (χ1v) is 12.6. The van der Waals surface area contributed by atoms with Crippen LogP contribution in [-0.4, -0.2) is 16.8 Å². The maximum Gasteiger partial charge on any atom is 0.00950 e. The van der Waals surface area contributed by atoms with Crippen LogP contribution in [0.3, 0.4) is 0 Å². The van der Waals surface area contributed by atoms with Gasteiger partial charge in [0.05, 0.1) is 0 Å². The summed E-state index contributed by atoms with van der Waals surface area (Å²) in [5, 5.41) is 1.59. The van der Waals surface area contributed by atoms with Crippen molar-refractivity contribution in [3.63, 3.8) is 0 Å². The Labute approximate surface area is 103 Å². The summed E-state index contributed by atoms with van der Waals surface area (Å²) in [7, 11) is 6.40. The van der Waals surface area contributed by atoms with E-state index in [-0.39, 0.29) is 0 Å². The van der Waals surface area contributed by atoms with E-state index in [1.54, 1.807) is 9.83 Å². The van der Waals surface area contributed by atoms with Crippen molar-refractivity contribution in [1.82, 2.24) is 0 Å². The molecule has 0 N–H and O–H groups in total. The Morgan fingerprint density at radius 2 is 1.62 bits per heavy atom. The summed E-state index contributed by atoms with van der Waals surface area (Å²) in [6, 6.07) is 0. The lowest BCUT2D eigenvalue weighted by Crippen LogP contribution is -2.13. The van der Waals surface area contributed by atoms with Gasteiger partial charge in [0.2, 0.25) is 0 Å². The van der Waals surface area contributed by atoms with Gasteiger partial charge in [-0.3, -0.25) is 0 Å². The molecule has 0 radical (unpaired) electrons. The van der Waals surface area contributed by atoms with Crippen molar-refractivity contribution in [3.05, 3.63) is 0 Å². The highest BCUT2D eigenvalue weighted by Crippen LogP contribution is 2.41. The summed E-state index contributed by atoms with van der Waals surface area (Å²) in [6.45, 7) is 9.30. The smallest absolute Gasteiger partial charge is 0.00950 e. The molecule has 2 unspecified atom stereocenters. The Morgan fingerprint density at radius 3 is 1.92 bits per heavy atom. The fourth-order valence-electron chi connectivity index (χ4n) is 0.655. The third-order valence-corrected chi connectivity index (χ3v) is 18.9. The third-order valence-electron chi connectivity index (χ3n) is 1.43. The van der Waals surface area contributed by atoms with E-state index in [0.29, 0.717) is 17.9 Å². The van der Waals surface area contributed by atoms with E-state index in [9.17, 15) is 0 Å². The fraction of sp³-hybridized carbons (Fsp3) is 1.00. The van der Waals surface area contributed by atoms with Crippen molar-refractivity contribution in [2.24, 2.45) is 0 Å². The van der Waals surface area contributed by atoms with Crippen LogP contribution in [0.1, 0.15) is 27.7 Å². The highest BCUT2D eigenvalue weighted by atomic mass is 33.8. The van der Waals surface area contributed by atoms with Crippen LogP contribution < -0.4 is 0 Å². The summed E-state index contributed by atoms with van der Waals surface area (Å²) in [5.41, 5.74) is 0. The van der Waals surface area contributed by atoms with E-state index in [1.807, 2.05) is 19.7 Å². The first kappa shape index (κ1) is 15.1. The van der Waals surface area contributed by atoms with Crippen LogP contribution in [0.4, 0.5) is 0 Å². The molecule has 0 nitrogen and oxygen atoms in total. The van der Waals surface area contributed by atoms with E-state index in [1.165, 1.54) is 0 Å². The molecule has 0 bridgehead atoms. The summed E-state index contributed by atoms with van der Waals surface area (Å²) < 4.78 is 0. The molecular weight excluding hydrogens is 276 g/mol. The minimum Gasteiger partial charge on any atom is -0.152 e. The van der Waals surface area contributed by atoms with Crippen molar-refractivity contribution in [1.29, 1.82) is 0 Å². The molecule has 0 rings (SSSR count). The lowest BCUT2D eigenvalue weighted by molar-refractivity contribution is 1.11. The normalized spacial score (nSPS) is 16.6. The summed E-state index contributed by atoms with van der Waals surface area (Å²) >= 11 is 4.15. The molecule has 2 atom stereocenters. The largest absolute Gasteiger partial charge is 0.152 e. The van der Waals surface area contributed by atoms with Crippen LogP contribution in [0.25, 0.3) is 0 Å². The Bertz CT molecular complexity index is 174. The van der Waals surface area contributed by atoms with E-state index in [2.05, 4.69) is 45.6 Å².